The van der Waals surface area contributed by atoms with Crippen molar-refractivity contribution in [3.63, 3.8) is 0 Å². The molecule has 0 rings (SSSR count). The van der Waals surface area contributed by atoms with Crippen molar-refractivity contribution >= 4 is 11.6 Å². The maximum Gasteiger partial charge on any atom is 0.0636 e. The van der Waals surface area contributed by atoms with Crippen molar-refractivity contribution in [2.45, 2.75) is 6.92 Å². The van der Waals surface area contributed by atoms with Crippen LogP contribution in [0.3, 0.4) is 0 Å². The molecule has 7 heavy (non-hydrogen) atoms. The number of hydrogen-bond acceptors (Lipinski definition) is 2. The molecule has 1 N–H and O–H groups in total. The van der Waals surface area contributed by atoms with Gasteiger partial charge in [-0.1, -0.05) is 11.6 Å². The van der Waals surface area contributed by atoms with Crippen molar-refractivity contribution in [1.29, 1.82) is 0 Å². The molecular weight excluding hydrogens is 114 g/mol. The Morgan fingerprint density at radius 1 is 1.86 bits per heavy atom. The first-order valence-corrected chi connectivity index (χ1v) is 2.31. The van der Waals surface area contributed by atoms with Crippen molar-refractivity contribution in [1.82, 2.24) is 5.48 Å². The molecule has 0 spiro atoms. The molecule has 0 saturated carbocycles. The summed E-state index contributed by atoms with van der Waals surface area (Å²) in [7, 11) is 1.53. The molecule has 0 amide bonds. The maximum atomic E-state index is 5.23. The molecule has 0 bridgehead atoms. The third-order valence-electron chi connectivity index (χ3n) is 0.427. The lowest BCUT2D eigenvalue weighted by Gasteiger charge is -1.97. The van der Waals surface area contributed by atoms with Gasteiger partial charge in [-0.2, -0.15) is 0 Å². The summed E-state index contributed by atoms with van der Waals surface area (Å²) in [5.74, 6) is 0. The summed E-state index contributed by atoms with van der Waals surface area (Å²) in [4.78, 5) is 4.49. The average molecular weight is 122 g/mol. The second-order valence-corrected chi connectivity index (χ2v) is 1.32. The van der Waals surface area contributed by atoms with Crippen LogP contribution in [0, 0.1) is 0 Å². The number of nitrogens with one attached hydrogen (secondary N) is 1. The molecule has 0 aromatic carbocycles. The fraction of sp³-hybridized carbons (Fsp3) is 0.500. The van der Waals surface area contributed by atoms with E-state index in [1.165, 1.54) is 12.6 Å². The van der Waals surface area contributed by atoms with E-state index in [4.69, 9.17) is 11.6 Å². The van der Waals surface area contributed by atoms with Gasteiger partial charge >= 0.3 is 0 Å². The third kappa shape index (κ3) is 3.62. The highest BCUT2D eigenvalue weighted by Gasteiger charge is 1.77. The standard InChI is InChI=1S/C4H8ClNO/c1-4(3-5)6-7-2/h3,6H,1-2H3. The number of allylic oxidation sites excluding steroid dienone is 1. The molecule has 0 aromatic rings. The van der Waals surface area contributed by atoms with Crippen LogP contribution in [0.2, 0.25) is 0 Å². The lowest BCUT2D eigenvalue weighted by atomic mass is 10.6. The van der Waals surface area contributed by atoms with E-state index in [-0.39, 0.29) is 0 Å². The molecule has 0 aliphatic heterocycles. The van der Waals surface area contributed by atoms with E-state index in [1.54, 1.807) is 6.92 Å². The van der Waals surface area contributed by atoms with Crippen molar-refractivity contribution in [3.8, 4) is 0 Å². The first kappa shape index (κ1) is 6.79. The van der Waals surface area contributed by atoms with E-state index in [0.717, 1.165) is 5.70 Å². The van der Waals surface area contributed by atoms with Crippen LogP contribution >= 0.6 is 11.6 Å². The van der Waals surface area contributed by atoms with Gasteiger partial charge in [0.25, 0.3) is 0 Å². The molecule has 2 nitrogen and oxygen atoms in total. The van der Waals surface area contributed by atoms with Gasteiger partial charge in [-0.25, -0.2) is 0 Å². The monoisotopic (exact) mass is 121 g/mol. The number of halogens is 1. The summed E-state index contributed by atoms with van der Waals surface area (Å²) in [5, 5.41) is 0. The smallest absolute Gasteiger partial charge is 0.0636 e. The first-order valence-electron chi connectivity index (χ1n) is 1.87. The Labute approximate surface area is 48.1 Å². The second kappa shape index (κ2) is 3.96. The maximum absolute atomic E-state index is 5.23. The molecule has 3 heteroatoms. The zero-order chi connectivity index (χ0) is 5.70. The van der Waals surface area contributed by atoms with Crippen LogP contribution in [-0.4, -0.2) is 7.11 Å². The Morgan fingerprint density at radius 2 is 2.43 bits per heavy atom. The molecule has 0 aromatic heterocycles. The number of rotatable bonds is 2. The average Bonchev–Trinajstić information content (AvgIpc) is 1.68. The van der Waals surface area contributed by atoms with Gasteiger partial charge in [0, 0.05) is 11.2 Å². The summed E-state index contributed by atoms with van der Waals surface area (Å²) in [6.07, 6.45) is 0. The van der Waals surface area contributed by atoms with E-state index < -0.39 is 0 Å². The minimum atomic E-state index is 0.796. The molecule has 0 radical (unpaired) electrons. The van der Waals surface area contributed by atoms with Gasteiger partial charge in [0.2, 0.25) is 0 Å². The Hall–Kier alpha value is -0.210. The van der Waals surface area contributed by atoms with E-state index in [9.17, 15) is 0 Å². The van der Waals surface area contributed by atoms with Crippen LogP contribution < -0.4 is 5.48 Å². The SMILES string of the molecule is CONC(C)=CCl. The quantitative estimate of drug-likeness (QED) is 0.555. The van der Waals surface area contributed by atoms with E-state index in [0.29, 0.717) is 0 Å². The first-order chi connectivity index (χ1) is 3.31. The fourth-order valence-corrected chi connectivity index (χ4v) is 0.228. The summed E-state index contributed by atoms with van der Waals surface area (Å²) in [5.41, 5.74) is 4.73. The van der Waals surface area contributed by atoms with Gasteiger partial charge in [-0.3, -0.25) is 10.3 Å². The minimum absolute atomic E-state index is 0.796. The summed E-state index contributed by atoms with van der Waals surface area (Å²) in [6, 6.07) is 0. The van der Waals surface area contributed by atoms with E-state index in [1.807, 2.05) is 0 Å². The van der Waals surface area contributed by atoms with Crippen molar-refractivity contribution < 1.29 is 4.84 Å². The molecule has 0 atom stereocenters. The second-order valence-electron chi connectivity index (χ2n) is 1.10. The zero-order valence-electron chi connectivity index (χ0n) is 4.36. The minimum Gasteiger partial charge on any atom is -0.280 e. The molecule has 0 fully saturated rings. The highest BCUT2D eigenvalue weighted by Crippen LogP contribution is 1.86. The van der Waals surface area contributed by atoms with Gasteiger partial charge in [-0.05, 0) is 6.92 Å². The Balaban J connectivity index is 3.17. The molecule has 0 aliphatic carbocycles. The largest absolute Gasteiger partial charge is 0.280 e. The van der Waals surface area contributed by atoms with Crippen LogP contribution in [0.4, 0.5) is 0 Å². The van der Waals surface area contributed by atoms with Gasteiger partial charge in [0.15, 0.2) is 0 Å². The van der Waals surface area contributed by atoms with Crippen LogP contribution in [-0.2, 0) is 4.84 Å². The predicted octanol–water partition coefficient (Wildman–Crippen LogP) is 1.24. The van der Waals surface area contributed by atoms with Gasteiger partial charge in [-0.15, -0.1) is 0 Å². The number of hydrogen-bond donors (Lipinski definition) is 1. The third-order valence-corrected chi connectivity index (χ3v) is 0.754. The molecule has 0 aliphatic rings. The van der Waals surface area contributed by atoms with Crippen molar-refractivity contribution in [3.05, 3.63) is 11.2 Å². The zero-order valence-corrected chi connectivity index (χ0v) is 5.12. The van der Waals surface area contributed by atoms with E-state index >= 15 is 0 Å². The van der Waals surface area contributed by atoms with Crippen molar-refractivity contribution in [2.75, 3.05) is 7.11 Å². The van der Waals surface area contributed by atoms with Gasteiger partial charge < -0.3 is 0 Å². The van der Waals surface area contributed by atoms with Crippen LogP contribution in [0.5, 0.6) is 0 Å². The fourth-order valence-electron chi connectivity index (χ4n) is 0.183. The summed E-state index contributed by atoms with van der Waals surface area (Å²) < 4.78 is 0. The highest BCUT2D eigenvalue weighted by molar-refractivity contribution is 6.25. The molecular formula is C4H8ClNO. The Morgan fingerprint density at radius 3 is 2.57 bits per heavy atom. The summed E-state index contributed by atoms with van der Waals surface area (Å²) in [6.45, 7) is 1.80. The van der Waals surface area contributed by atoms with Crippen LogP contribution in [0.15, 0.2) is 11.2 Å². The van der Waals surface area contributed by atoms with Crippen LogP contribution in [0.1, 0.15) is 6.92 Å². The highest BCUT2D eigenvalue weighted by atomic mass is 35.5. The Kier molecular flexibility index (Phi) is 3.84. The molecule has 0 heterocycles. The van der Waals surface area contributed by atoms with Gasteiger partial charge in [0.05, 0.1) is 7.11 Å². The lowest BCUT2D eigenvalue weighted by molar-refractivity contribution is 0.118. The van der Waals surface area contributed by atoms with Crippen LogP contribution in [0.25, 0.3) is 0 Å². The number of hydroxylamine groups is 1. The predicted molar refractivity (Wildman–Crippen MR) is 29.8 cm³/mol. The van der Waals surface area contributed by atoms with E-state index in [2.05, 4.69) is 10.3 Å². The topological polar surface area (TPSA) is 21.3 Å². The normalized spacial score (nSPS) is 11.6. The van der Waals surface area contributed by atoms with Crippen molar-refractivity contribution in [2.24, 2.45) is 0 Å². The Bertz CT molecular complexity index is 72.1. The molecule has 42 valence electrons. The lowest BCUT2D eigenvalue weighted by Crippen LogP contribution is -2.06. The molecule has 0 unspecified atom stereocenters. The summed E-state index contributed by atoms with van der Waals surface area (Å²) >= 11 is 5.23. The molecule has 0 saturated heterocycles. The van der Waals surface area contributed by atoms with Gasteiger partial charge in [0.1, 0.15) is 0 Å².